The van der Waals surface area contributed by atoms with Gasteiger partial charge in [-0.1, -0.05) is 27.9 Å². The van der Waals surface area contributed by atoms with Crippen molar-refractivity contribution in [3.05, 3.63) is 63.5 Å². The average molecular weight is 378 g/mol. The molecule has 0 aliphatic carbocycles. The van der Waals surface area contributed by atoms with Crippen molar-refractivity contribution in [2.45, 2.75) is 11.1 Å². The lowest BCUT2D eigenvalue weighted by molar-refractivity contribution is -0.137. The average Bonchev–Trinajstić information content (AvgIpc) is 2.84. The molecule has 0 saturated heterocycles. The normalized spacial score (nSPS) is 12.7. The SMILES string of the molecule is O=c1on(S(=O)(=O)c2ccc(C(F)(F)F)c(Cl)c2)c2ccccc12. The van der Waals surface area contributed by atoms with Gasteiger partial charge in [-0.15, -0.1) is 0 Å². The number of benzene rings is 2. The maximum absolute atomic E-state index is 12.7. The minimum Gasteiger partial charge on any atom is -0.320 e. The second-order valence-electron chi connectivity index (χ2n) is 4.77. The van der Waals surface area contributed by atoms with E-state index in [9.17, 15) is 26.4 Å². The van der Waals surface area contributed by atoms with Crippen LogP contribution in [0.25, 0.3) is 10.9 Å². The molecular weight excluding hydrogens is 371 g/mol. The van der Waals surface area contributed by atoms with E-state index in [1.54, 1.807) is 0 Å². The first-order chi connectivity index (χ1) is 11.1. The van der Waals surface area contributed by atoms with Crippen molar-refractivity contribution in [2.24, 2.45) is 0 Å². The Morgan fingerprint density at radius 3 is 2.38 bits per heavy atom. The summed E-state index contributed by atoms with van der Waals surface area (Å²) >= 11 is 5.54. The summed E-state index contributed by atoms with van der Waals surface area (Å²) in [5.74, 6) is 0. The quantitative estimate of drug-likeness (QED) is 0.685. The predicted octanol–water partition coefficient (Wildman–Crippen LogP) is 3.50. The molecule has 0 bridgehead atoms. The van der Waals surface area contributed by atoms with Crippen LogP contribution in [0.2, 0.25) is 5.02 Å². The molecule has 5 nitrogen and oxygen atoms in total. The van der Waals surface area contributed by atoms with E-state index in [-0.39, 0.29) is 10.9 Å². The Hall–Kier alpha value is -2.26. The summed E-state index contributed by atoms with van der Waals surface area (Å²) in [5, 5.41) is -0.749. The molecule has 3 aromatic rings. The third-order valence-electron chi connectivity index (χ3n) is 3.25. The minimum absolute atomic E-state index is 0.0269. The Morgan fingerprint density at radius 1 is 1.08 bits per heavy atom. The maximum atomic E-state index is 12.7. The third-order valence-corrected chi connectivity index (χ3v) is 5.12. The number of para-hydroxylation sites is 1. The van der Waals surface area contributed by atoms with Gasteiger partial charge in [-0.3, -0.25) is 0 Å². The van der Waals surface area contributed by atoms with E-state index in [4.69, 9.17) is 16.1 Å². The van der Waals surface area contributed by atoms with Crippen LogP contribution in [-0.4, -0.2) is 12.6 Å². The van der Waals surface area contributed by atoms with E-state index >= 15 is 0 Å². The van der Waals surface area contributed by atoms with Crippen molar-refractivity contribution >= 4 is 32.5 Å². The van der Waals surface area contributed by atoms with Crippen molar-refractivity contribution in [3.8, 4) is 0 Å². The predicted molar refractivity (Wildman–Crippen MR) is 79.5 cm³/mol. The largest absolute Gasteiger partial charge is 0.417 e. The van der Waals surface area contributed by atoms with Gasteiger partial charge in [0.25, 0.3) is 10.0 Å². The highest BCUT2D eigenvalue weighted by molar-refractivity contribution is 7.90. The van der Waals surface area contributed by atoms with Gasteiger partial charge < -0.3 is 4.52 Å². The van der Waals surface area contributed by atoms with Gasteiger partial charge in [0, 0.05) is 0 Å². The van der Waals surface area contributed by atoms with E-state index in [1.807, 2.05) is 0 Å². The summed E-state index contributed by atoms with van der Waals surface area (Å²) in [4.78, 5) is 11.2. The lowest BCUT2D eigenvalue weighted by Gasteiger charge is -2.10. The van der Waals surface area contributed by atoms with Gasteiger partial charge in [0.2, 0.25) is 0 Å². The molecule has 3 rings (SSSR count). The molecule has 0 amide bonds. The van der Waals surface area contributed by atoms with Gasteiger partial charge in [-0.2, -0.15) is 21.6 Å². The summed E-state index contributed by atoms with van der Waals surface area (Å²) < 4.78 is 68.4. The van der Waals surface area contributed by atoms with Crippen LogP contribution in [0.3, 0.4) is 0 Å². The molecule has 24 heavy (non-hydrogen) atoms. The summed E-state index contributed by atoms with van der Waals surface area (Å²) in [6, 6.07) is 7.68. The number of halogens is 4. The molecular formula is C14H7ClF3NO4S. The molecule has 0 fully saturated rings. The van der Waals surface area contributed by atoms with Crippen LogP contribution in [-0.2, 0) is 16.2 Å². The summed E-state index contributed by atoms with van der Waals surface area (Å²) in [6.45, 7) is 0. The van der Waals surface area contributed by atoms with E-state index in [2.05, 4.69) is 0 Å². The van der Waals surface area contributed by atoms with Crippen LogP contribution in [0.5, 0.6) is 0 Å². The van der Waals surface area contributed by atoms with Crippen molar-refractivity contribution < 1.29 is 26.1 Å². The zero-order valence-corrected chi connectivity index (χ0v) is 13.1. The van der Waals surface area contributed by atoms with E-state index in [1.165, 1.54) is 24.3 Å². The standard InChI is InChI=1S/C14H7ClF3NO4S/c15-11-7-8(5-6-10(11)14(16,17)18)24(21,22)19-12-4-2-1-3-9(12)13(20)23-19/h1-7H. The summed E-state index contributed by atoms with van der Waals surface area (Å²) in [6.07, 6.45) is -4.72. The lowest BCUT2D eigenvalue weighted by Crippen LogP contribution is -2.14. The molecule has 1 heterocycles. The molecule has 2 aromatic carbocycles. The Morgan fingerprint density at radius 2 is 1.75 bits per heavy atom. The highest BCUT2D eigenvalue weighted by atomic mass is 35.5. The molecule has 0 radical (unpaired) electrons. The van der Waals surface area contributed by atoms with E-state index < -0.39 is 37.3 Å². The smallest absolute Gasteiger partial charge is 0.320 e. The van der Waals surface area contributed by atoms with Crippen LogP contribution < -0.4 is 5.63 Å². The summed E-state index contributed by atoms with van der Waals surface area (Å²) in [5.41, 5.74) is -2.08. The molecule has 0 N–H and O–H groups in total. The molecule has 0 saturated carbocycles. The zero-order valence-electron chi connectivity index (χ0n) is 11.5. The molecule has 1 aromatic heterocycles. The van der Waals surface area contributed by atoms with Crippen molar-refractivity contribution in [3.63, 3.8) is 0 Å². The Labute approximate surface area is 137 Å². The van der Waals surface area contributed by atoms with Gasteiger partial charge in [-0.05, 0) is 30.3 Å². The fourth-order valence-corrected chi connectivity index (χ4v) is 3.77. The molecule has 0 unspecified atom stereocenters. The fourth-order valence-electron chi connectivity index (χ4n) is 2.14. The van der Waals surface area contributed by atoms with Crippen LogP contribution in [0.15, 0.2) is 56.7 Å². The molecule has 0 aliphatic rings. The molecule has 10 heteroatoms. The first kappa shape index (κ1) is 16.6. The first-order valence-corrected chi connectivity index (χ1v) is 8.17. The number of nitrogens with zero attached hydrogens (tertiary/aromatic N) is 1. The third kappa shape index (κ3) is 2.59. The number of fused-ring (bicyclic) bond motifs is 1. The molecule has 126 valence electrons. The fraction of sp³-hybridized carbons (Fsp3) is 0.0714. The number of rotatable bonds is 2. The first-order valence-electron chi connectivity index (χ1n) is 6.36. The van der Waals surface area contributed by atoms with Gasteiger partial charge in [-0.25, -0.2) is 4.79 Å². The number of hydrogen-bond donors (Lipinski definition) is 0. The second-order valence-corrected chi connectivity index (χ2v) is 6.93. The van der Waals surface area contributed by atoms with Gasteiger partial charge in [0.15, 0.2) is 0 Å². The van der Waals surface area contributed by atoms with Crippen molar-refractivity contribution in [1.82, 2.24) is 4.15 Å². The minimum atomic E-state index is -4.72. The van der Waals surface area contributed by atoms with E-state index in [0.717, 1.165) is 6.07 Å². The summed E-state index contributed by atoms with van der Waals surface area (Å²) in [7, 11) is -4.43. The highest BCUT2D eigenvalue weighted by Gasteiger charge is 2.34. The van der Waals surface area contributed by atoms with Crippen molar-refractivity contribution in [1.29, 1.82) is 0 Å². The second kappa shape index (κ2) is 5.38. The molecule has 0 aliphatic heterocycles. The lowest BCUT2D eigenvalue weighted by atomic mass is 10.2. The van der Waals surface area contributed by atoms with Crippen LogP contribution in [0.4, 0.5) is 13.2 Å². The monoisotopic (exact) mass is 377 g/mol. The molecule has 0 spiro atoms. The maximum Gasteiger partial charge on any atom is 0.417 e. The number of alkyl halides is 3. The van der Waals surface area contributed by atoms with Gasteiger partial charge >= 0.3 is 11.8 Å². The Kier molecular flexibility index (Phi) is 3.72. The van der Waals surface area contributed by atoms with Crippen LogP contribution in [0, 0.1) is 0 Å². The van der Waals surface area contributed by atoms with Gasteiger partial charge in [0.05, 0.1) is 20.9 Å². The zero-order chi connectivity index (χ0) is 17.7. The number of hydrogen-bond acceptors (Lipinski definition) is 4. The van der Waals surface area contributed by atoms with Crippen molar-refractivity contribution in [2.75, 3.05) is 0 Å². The van der Waals surface area contributed by atoms with Gasteiger partial charge in [0.1, 0.15) is 5.52 Å². The van der Waals surface area contributed by atoms with Crippen LogP contribution in [0.1, 0.15) is 5.56 Å². The highest BCUT2D eigenvalue weighted by Crippen LogP contribution is 2.36. The topological polar surface area (TPSA) is 69.3 Å². The Balaban J connectivity index is 2.21. The number of aromatic nitrogens is 1. The Bertz CT molecular complexity index is 1100. The van der Waals surface area contributed by atoms with E-state index in [0.29, 0.717) is 16.3 Å². The molecule has 0 atom stereocenters. The van der Waals surface area contributed by atoms with Crippen LogP contribution >= 0.6 is 11.6 Å².